The number of anilines is 1. The van der Waals surface area contributed by atoms with Crippen LogP contribution in [-0.4, -0.2) is 15.5 Å². The molecule has 0 atom stereocenters. The van der Waals surface area contributed by atoms with Crippen LogP contribution in [-0.2, 0) is 12.0 Å². The van der Waals surface area contributed by atoms with Crippen LogP contribution in [0.4, 0.5) is 5.69 Å². The summed E-state index contributed by atoms with van der Waals surface area (Å²) < 4.78 is 1.64. The molecule has 0 aliphatic heterocycles. The number of hydrogen-bond donors (Lipinski definition) is 2. The van der Waals surface area contributed by atoms with Crippen LogP contribution in [0.25, 0.3) is 10.9 Å². The molecule has 0 saturated heterocycles. The Hall–Kier alpha value is -3.60. The summed E-state index contributed by atoms with van der Waals surface area (Å²) in [5.74, 6) is -0.185. The van der Waals surface area contributed by atoms with E-state index in [0.29, 0.717) is 17.9 Å². The number of nitrogens with one attached hydrogen (secondary N) is 2. The molecule has 0 unspecified atom stereocenters. The predicted molar refractivity (Wildman–Crippen MR) is 121 cm³/mol. The molecule has 2 N–H and O–H groups in total. The van der Waals surface area contributed by atoms with Crippen LogP contribution in [0.2, 0.25) is 0 Å². The van der Waals surface area contributed by atoms with Crippen LogP contribution in [0.3, 0.4) is 0 Å². The monoisotopic (exact) mass is 399 g/mol. The van der Waals surface area contributed by atoms with Crippen molar-refractivity contribution in [3.05, 3.63) is 100 Å². The van der Waals surface area contributed by atoms with Crippen LogP contribution in [0.15, 0.2) is 77.7 Å². The zero-order valence-electron chi connectivity index (χ0n) is 17.4. The van der Waals surface area contributed by atoms with Crippen molar-refractivity contribution >= 4 is 22.5 Å². The number of amides is 1. The molecule has 1 amide bonds. The zero-order valence-corrected chi connectivity index (χ0v) is 17.4. The van der Waals surface area contributed by atoms with Crippen molar-refractivity contribution in [3.8, 4) is 0 Å². The minimum Gasteiger partial charge on any atom is -0.351 e. The molecule has 0 aliphatic rings. The van der Waals surface area contributed by atoms with E-state index in [1.165, 1.54) is 5.56 Å². The summed E-state index contributed by atoms with van der Waals surface area (Å²) in [6, 6.07) is 20.7. The van der Waals surface area contributed by atoms with E-state index in [9.17, 15) is 9.59 Å². The molecule has 5 heteroatoms. The third-order valence-corrected chi connectivity index (χ3v) is 5.20. The fourth-order valence-electron chi connectivity index (χ4n) is 3.40. The molecule has 2 aromatic carbocycles. The van der Waals surface area contributed by atoms with Crippen molar-refractivity contribution in [2.75, 3.05) is 5.32 Å². The lowest BCUT2D eigenvalue weighted by atomic mass is 9.87. The first-order valence-corrected chi connectivity index (χ1v) is 9.99. The molecule has 5 nitrogen and oxygen atoms in total. The van der Waals surface area contributed by atoms with Gasteiger partial charge in [0, 0.05) is 28.9 Å². The summed E-state index contributed by atoms with van der Waals surface area (Å²) in [6.07, 6.45) is 1.76. The molecule has 0 radical (unpaired) electrons. The second-order valence-electron chi connectivity index (χ2n) is 8.55. The summed E-state index contributed by atoms with van der Waals surface area (Å²) >= 11 is 0. The standard InChI is InChI=1S/C25H25N3O2/c1-25(2,3)19-10-9-18-14-22(27-21(18)15-19)24(30)26-20-11-7-17(8-12-20)16-28-13-5-4-6-23(28)29/h4-15,27H,16H2,1-3H3,(H,26,30). The average molecular weight is 399 g/mol. The Labute approximate surface area is 175 Å². The van der Waals surface area contributed by atoms with E-state index in [2.05, 4.69) is 43.2 Å². The highest BCUT2D eigenvalue weighted by Gasteiger charge is 2.16. The molecular weight excluding hydrogens is 374 g/mol. The van der Waals surface area contributed by atoms with E-state index in [4.69, 9.17) is 0 Å². The number of rotatable bonds is 4. The van der Waals surface area contributed by atoms with Gasteiger partial charge in [-0.2, -0.15) is 0 Å². The second kappa shape index (κ2) is 7.67. The lowest BCUT2D eigenvalue weighted by Gasteiger charge is -2.18. The molecule has 0 spiro atoms. The number of benzene rings is 2. The molecule has 152 valence electrons. The maximum Gasteiger partial charge on any atom is 0.272 e. The molecule has 4 aromatic rings. The van der Waals surface area contributed by atoms with E-state index >= 15 is 0 Å². The summed E-state index contributed by atoms with van der Waals surface area (Å²) in [5.41, 5.74) is 4.40. The number of H-pyrrole nitrogens is 1. The van der Waals surface area contributed by atoms with E-state index in [1.807, 2.05) is 42.5 Å². The number of carbonyl (C=O) groups is 1. The zero-order chi connectivity index (χ0) is 21.3. The van der Waals surface area contributed by atoms with Crippen molar-refractivity contribution in [3.63, 3.8) is 0 Å². The number of carbonyl (C=O) groups excluding carboxylic acids is 1. The largest absolute Gasteiger partial charge is 0.351 e. The van der Waals surface area contributed by atoms with Gasteiger partial charge < -0.3 is 14.9 Å². The number of nitrogens with zero attached hydrogens (tertiary/aromatic N) is 1. The molecule has 0 saturated carbocycles. The highest BCUT2D eigenvalue weighted by Crippen LogP contribution is 2.26. The van der Waals surface area contributed by atoms with Gasteiger partial charge in [-0.25, -0.2) is 0 Å². The molecule has 30 heavy (non-hydrogen) atoms. The maximum atomic E-state index is 12.7. The number of pyridine rings is 1. The van der Waals surface area contributed by atoms with Crippen LogP contribution >= 0.6 is 0 Å². The fourth-order valence-corrected chi connectivity index (χ4v) is 3.40. The van der Waals surface area contributed by atoms with E-state index in [-0.39, 0.29) is 16.9 Å². The highest BCUT2D eigenvalue weighted by atomic mass is 16.2. The molecule has 2 aromatic heterocycles. The quantitative estimate of drug-likeness (QED) is 0.511. The van der Waals surface area contributed by atoms with Crippen LogP contribution < -0.4 is 10.9 Å². The smallest absolute Gasteiger partial charge is 0.272 e. The van der Waals surface area contributed by atoms with Gasteiger partial charge in [0.1, 0.15) is 5.69 Å². The van der Waals surface area contributed by atoms with Gasteiger partial charge in [0.05, 0.1) is 6.54 Å². The molecule has 0 bridgehead atoms. The number of aromatic nitrogens is 2. The first kappa shape index (κ1) is 19.7. The van der Waals surface area contributed by atoms with E-state index in [0.717, 1.165) is 16.5 Å². The second-order valence-corrected chi connectivity index (χ2v) is 8.55. The van der Waals surface area contributed by atoms with Gasteiger partial charge in [-0.1, -0.05) is 51.1 Å². The van der Waals surface area contributed by atoms with Crippen molar-refractivity contribution < 1.29 is 4.79 Å². The predicted octanol–water partition coefficient (Wildman–Crippen LogP) is 4.93. The van der Waals surface area contributed by atoms with E-state index < -0.39 is 0 Å². The highest BCUT2D eigenvalue weighted by molar-refractivity contribution is 6.06. The molecule has 0 aliphatic carbocycles. The third-order valence-electron chi connectivity index (χ3n) is 5.20. The Kier molecular flexibility index (Phi) is 5.04. The normalized spacial score (nSPS) is 11.6. The van der Waals surface area contributed by atoms with Crippen LogP contribution in [0.1, 0.15) is 42.4 Å². The van der Waals surface area contributed by atoms with Gasteiger partial charge in [0.2, 0.25) is 0 Å². The average Bonchev–Trinajstić information content (AvgIpc) is 3.14. The van der Waals surface area contributed by atoms with Crippen LogP contribution in [0.5, 0.6) is 0 Å². The molecular formula is C25H25N3O2. The van der Waals surface area contributed by atoms with Crippen molar-refractivity contribution in [2.45, 2.75) is 32.7 Å². The Morgan fingerprint density at radius 3 is 2.47 bits per heavy atom. The lowest BCUT2D eigenvalue weighted by Crippen LogP contribution is -2.18. The van der Waals surface area contributed by atoms with Crippen molar-refractivity contribution in [1.29, 1.82) is 0 Å². The summed E-state index contributed by atoms with van der Waals surface area (Å²) in [6.45, 7) is 7.00. The van der Waals surface area contributed by atoms with Gasteiger partial charge in [0.25, 0.3) is 11.5 Å². The third kappa shape index (κ3) is 4.20. The number of hydrogen-bond acceptors (Lipinski definition) is 2. The lowest BCUT2D eigenvalue weighted by molar-refractivity contribution is 0.102. The SMILES string of the molecule is CC(C)(C)c1ccc2cc(C(=O)Nc3ccc(Cn4ccccc4=O)cc3)[nH]c2c1. The molecule has 0 fully saturated rings. The summed E-state index contributed by atoms with van der Waals surface area (Å²) in [7, 11) is 0. The van der Waals surface area contributed by atoms with Crippen molar-refractivity contribution in [2.24, 2.45) is 0 Å². The number of aromatic amines is 1. The minimum atomic E-state index is -0.185. The Bertz CT molecular complexity index is 1260. The first-order chi connectivity index (χ1) is 14.3. The van der Waals surface area contributed by atoms with Gasteiger partial charge in [-0.15, -0.1) is 0 Å². The van der Waals surface area contributed by atoms with Gasteiger partial charge in [0.15, 0.2) is 0 Å². The Morgan fingerprint density at radius 2 is 1.77 bits per heavy atom. The van der Waals surface area contributed by atoms with Gasteiger partial charge in [-0.05, 0) is 46.9 Å². The first-order valence-electron chi connectivity index (χ1n) is 9.99. The minimum absolute atomic E-state index is 0.0386. The van der Waals surface area contributed by atoms with Crippen LogP contribution in [0, 0.1) is 0 Å². The van der Waals surface area contributed by atoms with E-state index in [1.54, 1.807) is 22.9 Å². The van der Waals surface area contributed by atoms with Gasteiger partial charge in [-0.3, -0.25) is 9.59 Å². The Morgan fingerprint density at radius 1 is 1.00 bits per heavy atom. The molecule has 2 heterocycles. The Balaban J connectivity index is 1.48. The van der Waals surface area contributed by atoms with Gasteiger partial charge >= 0.3 is 0 Å². The fraction of sp³-hybridized carbons (Fsp3) is 0.200. The molecule has 4 rings (SSSR count). The summed E-state index contributed by atoms with van der Waals surface area (Å²) in [5, 5.41) is 3.94. The number of fused-ring (bicyclic) bond motifs is 1. The summed E-state index contributed by atoms with van der Waals surface area (Å²) in [4.78, 5) is 27.8. The topological polar surface area (TPSA) is 66.9 Å². The van der Waals surface area contributed by atoms with Crippen molar-refractivity contribution in [1.82, 2.24) is 9.55 Å². The maximum absolute atomic E-state index is 12.7.